The Kier molecular flexibility index (Phi) is 10.2. The first-order valence-corrected chi connectivity index (χ1v) is 14.5. The minimum atomic E-state index is -0.659. The molecule has 3 aromatic carbocycles. The summed E-state index contributed by atoms with van der Waals surface area (Å²) < 4.78 is 32.6. The fourth-order valence-electron chi connectivity index (χ4n) is 4.80. The zero-order valence-electron chi connectivity index (χ0n) is 23.8. The largest absolute Gasteiger partial charge is 0.493 e. The average molecular weight is 606 g/mol. The van der Waals surface area contributed by atoms with E-state index in [0.29, 0.717) is 39.8 Å². The summed E-state index contributed by atoms with van der Waals surface area (Å²) in [5.41, 5.74) is 3.94. The number of hydrogen-bond donors (Lipinski definition) is 2. The van der Waals surface area contributed by atoms with E-state index < -0.39 is 11.8 Å². The molecule has 2 N–H and O–H groups in total. The van der Waals surface area contributed by atoms with E-state index in [0.717, 1.165) is 37.7 Å². The second-order valence-electron chi connectivity index (χ2n) is 10.1. The van der Waals surface area contributed by atoms with Crippen molar-refractivity contribution < 1.29 is 23.4 Å². The number of carbonyl (C=O) groups excluding carboxylic acids is 1. The van der Waals surface area contributed by atoms with E-state index in [1.165, 1.54) is 37.6 Å². The number of anilines is 1. The molecule has 4 aromatic rings. The van der Waals surface area contributed by atoms with Crippen LogP contribution < -0.4 is 25.0 Å². The molecule has 1 aromatic heterocycles. The SMILES string of the molecule is COc1cc2c(Oc3ccc(NC(=O)N/N=C/c4ccc(Cl)cc4)cc3F)ccnc2cc1OCCCN1CCCCC1. The number of pyridine rings is 1. The number of rotatable bonds is 11. The standard InChI is InChI=1S/C32H33ClFN5O4/c1-41-30-19-25-27(20-31(30)42-17-5-16-39-14-3-2-4-15-39)35-13-12-28(25)43-29-11-10-24(18-26(29)34)37-32(40)38-36-21-22-6-8-23(33)9-7-22/h6-13,18-21H,2-5,14-17H2,1H3,(H2,37,38,40)/b36-21+. The molecular weight excluding hydrogens is 573 g/mol. The highest BCUT2D eigenvalue weighted by atomic mass is 35.5. The monoisotopic (exact) mass is 605 g/mol. The maximum Gasteiger partial charge on any atom is 0.339 e. The second-order valence-corrected chi connectivity index (χ2v) is 10.5. The fourth-order valence-corrected chi connectivity index (χ4v) is 4.92. The molecule has 1 aliphatic rings. The summed E-state index contributed by atoms with van der Waals surface area (Å²) in [6, 6.07) is 15.7. The molecule has 11 heteroatoms. The number of carbonyl (C=O) groups is 1. The van der Waals surface area contributed by atoms with Gasteiger partial charge >= 0.3 is 6.03 Å². The second kappa shape index (κ2) is 14.7. The van der Waals surface area contributed by atoms with Crippen LogP contribution in [0.25, 0.3) is 10.9 Å². The van der Waals surface area contributed by atoms with Crippen LogP contribution in [-0.2, 0) is 0 Å². The number of nitrogens with zero attached hydrogens (tertiary/aromatic N) is 3. The smallest absolute Gasteiger partial charge is 0.339 e. The molecule has 0 spiro atoms. The summed E-state index contributed by atoms with van der Waals surface area (Å²) in [6.07, 6.45) is 7.82. The number of benzene rings is 3. The third-order valence-electron chi connectivity index (χ3n) is 6.97. The number of aromatic nitrogens is 1. The Morgan fingerprint density at radius 2 is 1.84 bits per heavy atom. The molecule has 224 valence electrons. The van der Waals surface area contributed by atoms with Crippen LogP contribution in [0, 0.1) is 5.82 Å². The first-order chi connectivity index (χ1) is 21.0. The summed E-state index contributed by atoms with van der Waals surface area (Å²) in [6.45, 7) is 3.88. The van der Waals surface area contributed by atoms with Gasteiger partial charge in [0.05, 0.1) is 25.4 Å². The first kappa shape index (κ1) is 30.1. The van der Waals surface area contributed by atoms with E-state index >= 15 is 4.39 Å². The minimum Gasteiger partial charge on any atom is -0.493 e. The summed E-state index contributed by atoms with van der Waals surface area (Å²) in [7, 11) is 1.57. The lowest BCUT2D eigenvalue weighted by Gasteiger charge is -2.26. The number of urea groups is 1. The van der Waals surface area contributed by atoms with Crippen molar-refractivity contribution in [2.75, 3.05) is 38.7 Å². The van der Waals surface area contributed by atoms with Crippen molar-refractivity contribution in [2.24, 2.45) is 5.10 Å². The van der Waals surface area contributed by atoms with E-state index in [-0.39, 0.29) is 11.4 Å². The molecule has 0 radical (unpaired) electrons. The molecule has 2 amide bonds. The van der Waals surface area contributed by atoms with Gasteiger partial charge in [-0.1, -0.05) is 30.2 Å². The van der Waals surface area contributed by atoms with Gasteiger partial charge in [-0.05, 0) is 74.3 Å². The number of ether oxygens (including phenoxy) is 3. The topological polar surface area (TPSA) is 97.3 Å². The number of hydrogen-bond acceptors (Lipinski definition) is 7. The molecule has 1 aliphatic heterocycles. The van der Waals surface area contributed by atoms with Gasteiger partial charge in [0.25, 0.3) is 0 Å². The van der Waals surface area contributed by atoms with Crippen LogP contribution in [0.4, 0.5) is 14.9 Å². The van der Waals surface area contributed by atoms with Crippen molar-refractivity contribution in [3.05, 3.63) is 83.3 Å². The Bertz CT molecular complexity index is 1580. The van der Waals surface area contributed by atoms with Crippen LogP contribution in [0.1, 0.15) is 31.2 Å². The predicted octanol–water partition coefficient (Wildman–Crippen LogP) is 7.24. The summed E-state index contributed by atoms with van der Waals surface area (Å²) >= 11 is 5.86. The van der Waals surface area contributed by atoms with Crippen molar-refractivity contribution in [1.82, 2.24) is 15.3 Å². The number of amides is 2. The van der Waals surface area contributed by atoms with Crippen molar-refractivity contribution in [1.29, 1.82) is 0 Å². The Morgan fingerprint density at radius 3 is 2.60 bits per heavy atom. The van der Waals surface area contributed by atoms with Gasteiger partial charge in [0.2, 0.25) is 0 Å². The molecule has 0 bridgehead atoms. The number of piperidine rings is 1. The molecule has 43 heavy (non-hydrogen) atoms. The number of nitrogens with one attached hydrogen (secondary N) is 2. The van der Waals surface area contributed by atoms with Gasteiger partial charge in [-0.2, -0.15) is 5.10 Å². The highest BCUT2D eigenvalue weighted by Crippen LogP contribution is 2.38. The zero-order chi connectivity index (χ0) is 30.0. The number of methoxy groups -OCH3 is 1. The number of hydrazone groups is 1. The van der Waals surface area contributed by atoms with Crippen molar-refractivity contribution >= 4 is 40.4 Å². The lowest BCUT2D eigenvalue weighted by Crippen LogP contribution is -2.31. The average Bonchev–Trinajstić information content (AvgIpc) is 3.02. The maximum absolute atomic E-state index is 15.0. The van der Waals surface area contributed by atoms with Crippen molar-refractivity contribution in [2.45, 2.75) is 25.7 Å². The predicted molar refractivity (Wildman–Crippen MR) is 166 cm³/mol. The fraction of sp³-hybridized carbons (Fsp3) is 0.281. The van der Waals surface area contributed by atoms with Gasteiger partial charge in [-0.15, -0.1) is 0 Å². The molecule has 0 aliphatic carbocycles. The molecule has 2 heterocycles. The Morgan fingerprint density at radius 1 is 1.02 bits per heavy atom. The number of likely N-dealkylation sites (tertiary alicyclic amines) is 1. The van der Waals surface area contributed by atoms with Crippen LogP contribution in [0.2, 0.25) is 5.02 Å². The molecule has 0 saturated carbocycles. The van der Waals surface area contributed by atoms with E-state index in [4.69, 9.17) is 25.8 Å². The molecule has 5 rings (SSSR count). The number of halogens is 2. The van der Waals surface area contributed by atoms with Crippen LogP contribution in [0.3, 0.4) is 0 Å². The summed E-state index contributed by atoms with van der Waals surface area (Å²) in [4.78, 5) is 19.1. The van der Waals surface area contributed by atoms with Gasteiger partial charge in [-0.25, -0.2) is 14.6 Å². The van der Waals surface area contributed by atoms with Gasteiger partial charge in [0.1, 0.15) is 5.75 Å². The molecule has 1 saturated heterocycles. The molecule has 0 unspecified atom stereocenters. The molecule has 0 atom stereocenters. The van der Waals surface area contributed by atoms with Crippen molar-refractivity contribution in [3.8, 4) is 23.0 Å². The number of fused-ring (bicyclic) bond motifs is 1. The van der Waals surface area contributed by atoms with Gasteiger partial charge in [0.15, 0.2) is 23.1 Å². The van der Waals surface area contributed by atoms with Crippen molar-refractivity contribution in [3.63, 3.8) is 0 Å². The van der Waals surface area contributed by atoms with E-state index in [1.54, 1.807) is 55.8 Å². The van der Waals surface area contributed by atoms with E-state index in [2.05, 4.69) is 25.7 Å². The highest BCUT2D eigenvalue weighted by molar-refractivity contribution is 6.30. The highest BCUT2D eigenvalue weighted by Gasteiger charge is 2.15. The lowest BCUT2D eigenvalue weighted by atomic mass is 10.1. The van der Waals surface area contributed by atoms with E-state index in [9.17, 15) is 4.79 Å². The van der Waals surface area contributed by atoms with E-state index in [1.807, 2.05) is 0 Å². The lowest BCUT2D eigenvalue weighted by molar-refractivity contribution is 0.203. The Labute approximate surface area is 254 Å². The zero-order valence-corrected chi connectivity index (χ0v) is 24.6. The quantitative estimate of drug-likeness (QED) is 0.106. The summed E-state index contributed by atoms with van der Waals surface area (Å²) in [5, 5.41) is 7.65. The van der Waals surface area contributed by atoms with Gasteiger partial charge in [0, 0.05) is 41.0 Å². The van der Waals surface area contributed by atoms with Crippen LogP contribution in [-0.4, -0.2) is 55.5 Å². The van der Waals surface area contributed by atoms with Crippen LogP contribution in [0.5, 0.6) is 23.0 Å². The third-order valence-corrected chi connectivity index (χ3v) is 7.22. The Balaban J connectivity index is 1.20. The summed E-state index contributed by atoms with van der Waals surface area (Å²) in [5.74, 6) is 0.849. The maximum atomic E-state index is 15.0. The van der Waals surface area contributed by atoms with Gasteiger partial charge < -0.3 is 24.4 Å². The van der Waals surface area contributed by atoms with Crippen LogP contribution >= 0.6 is 11.6 Å². The first-order valence-electron chi connectivity index (χ1n) is 14.1. The Hall–Kier alpha value is -4.41. The minimum absolute atomic E-state index is 0.0174. The molecule has 9 nitrogen and oxygen atoms in total. The third kappa shape index (κ3) is 8.33. The van der Waals surface area contributed by atoms with Gasteiger partial charge in [-0.3, -0.25) is 4.98 Å². The molecule has 1 fully saturated rings. The molecular formula is C32H33ClFN5O4. The normalized spacial score (nSPS) is 13.7. The van der Waals surface area contributed by atoms with Crippen LogP contribution in [0.15, 0.2) is 72.0 Å².